The van der Waals surface area contributed by atoms with Gasteiger partial charge in [0.15, 0.2) is 0 Å². The predicted molar refractivity (Wildman–Crippen MR) is 70.3 cm³/mol. The van der Waals surface area contributed by atoms with Crippen LogP contribution in [-0.2, 0) is 0 Å². The largest absolute Gasteiger partial charge is 0.476 e. The lowest BCUT2D eigenvalue weighted by molar-refractivity contribution is 0.326. The van der Waals surface area contributed by atoms with Crippen LogP contribution in [0.1, 0.15) is 6.92 Å². The summed E-state index contributed by atoms with van der Waals surface area (Å²) in [5.41, 5.74) is 6.10. The monoisotopic (exact) mass is 282 g/mol. The van der Waals surface area contributed by atoms with Crippen LogP contribution in [0.25, 0.3) is 0 Å². The maximum Gasteiger partial charge on any atom is 0.238 e. The Bertz CT molecular complexity index is 593. The molecule has 0 unspecified atom stereocenters. The Kier molecular flexibility index (Phi) is 4.21. The highest BCUT2D eigenvalue weighted by Crippen LogP contribution is 2.31. The minimum atomic E-state index is -0.497. The fourth-order valence-corrected chi connectivity index (χ4v) is 2.24. The summed E-state index contributed by atoms with van der Waals surface area (Å²) in [6.45, 7) is 2.24. The van der Waals surface area contributed by atoms with Gasteiger partial charge in [-0.3, -0.25) is 0 Å². The molecule has 0 saturated heterocycles. The van der Waals surface area contributed by atoms with Crippen molar-refractivity contribution in [1.29, 1.82) is 0 Å². The van der Waals surface area contributed by atoms with Crippen LogP contribution in [0.4, 0.5) is 14.5 Å². The van der Waals surface area contributed by atoms with Crippen LogP contribution in [0.2, 0.25) is 0 Å². The van der Waals surface area contributed by atoms with Crippen molar-refractivity contribution in [2.24, 2.45) is 0 Å². The number of nitrogen functional groups attached to an aromatic ring is 1. The summed E-state index contributed by atoms with van der Waals surface area (Å²) in [6.07, 6.45) is 0. The zero-order valence-corrected chi connectivity index (χ0v) is 11.0. The van der Waals surface area contributed by atoms with Gasteiger partial charge in [0, 0.05) is 0 Å². The standard InChI is InChI=1S/C13H12F2N2OS/c1-2-18-13-10(16)5-6-12(17-13)19-11-7-8(14)3-4-9(11)15/h3-7H,2,16H2,1H3. The molecule has 0 aliphatic heterocycles. The first-order valence-electron chi connectivity index (χ1n) is 5.62. The van der Waals surface area contributed by atoms with Crippen LogP contribution in [0.5, 0.6) is 5.88 Å². The van der Waals surface area contributed by atoms with Crippen molar-refractivity contribution in [1.82, 2.24) is 4.98 Å². The van der Waals surface area contributed by atoms with Crippen LogP contribution < -0.4 is 10.5 Å². The van der Waals surface area contributed by atoms with Crippen molar-refractivity contribution in [3.8, 4) is 5.88 Å². The number of nitrogens with zero attached hydrogens (tertiary/aromatic N) is 1. The predicted octanol–water partition coefficient (Wildman–Crippen LogP) is 3.49. The zero-order valence-electron chi connectivity index (χ0n) is 10.2. The van der Waals surface area contributed by atoms with Gasteiger partial charge >= 0.3 is 0 Å². The fourth-order valence-electron chi connectivity index (χ4n) is 1.41. The Balaban J connectivity index is 2.28. The van der Waals surface area contributed by atoms with Gasteiger partial charge in [-0.2, -0.15) is 0 Å². The summed E-state index contributed by atoms with van der Waals surface area (Å²) in [5.74, 6) is -0.698. The summed E-state index contributed by atoms with van der Waals surface area (Å²) in [4.78, 5) is 4.32. The normalized spacial score (nSPS) is 10.5. The van der Waals surface area contributed by atoms with E-state index in [0.29, 0.717) is 23.2 Å². The maximum atomic E-state index is 13.5. The van der Waals surface area contributed by atoms with Crippen LogP contribution in [0.15, 0.2) is 40.3 Å². The number of ether oxygens (including phenoxy) is 1. The number of pyridine rings is 1. The second-order valence-electron chi connectivity index (χ2n) is 3.65. The molecule has 6 heteroatoms. The lowest BCUT2D eigenvalue weighted by Crippen LogP contribution is -2.00. The average molecular weight is 282 g/mol. The van der Waals surface area contributed by atoms with Gasteiger partial charge in [0.1, 0.15) is 16.7 Å². The fraction of sp³-hybridized carbons (Fsp3) is 0.154. The SMILES string of the molecule is CCOc1nc(Sc2cc(F)ccc2F)ccc1N. The van der Waals surface area contributed by atoms with E-state index in [2.05, 4.69) is 4.98 Å². The van der Waals surface area contributed by atoms with E-state index in [0.717, 1.165) is 30.0 Å². The molecular weight excluding hydrogens is 270 g/mol. The number of rotatable bonds is 4. The molecule has 3 nitrogen and oxygen atoms in total. The highest BCUT2D eigenvalue weighted by Gasteiger charge is 2.09. The molecule has 0 aliphatic carbocycles. The zero-order chi connectivity index (χ0) is 13.8. The van der Waals surface area contributed by atoms with E-state index < -0.39 is 11.6 Å². The first-order chi connectivity index (χ1) is 9.10. The molecule has 19 heavy (non-hydrogen) atoms. The number of halogens is 2. The van der Waals surface area contributed by atoms with Crippen molar-refractivity contribution in [3.05, 3.63) is 42.0 Å². The summed E-state index contributed by atoms with van der Waals surface area (Å²) in [6, 6.07) is 6.53. The highest BCUT2D eigenvalue weighted by molar-refractivity contribution is 7.99. The summed E-state index contributed by atoms with van der Waals surface area (Å²) >= 11 is 1.02. The Hall–Kier alpha value is -1.82. The van der Waals surface area contributed by atoms with Crippen molar-refractivity contribution in [2.75, 3.05) is 12.3 Å². The molecule has 0 atom stereocenters. The van der Waals surface area contributed by atoms with Crippen molar-refractivity contribution >= 4 is 17.4 Å². The van der Waals surface area contributed by atoms with Gasteiger partial charge in [-0.15, -0.1) is 0 Å². The molecule has 0 amide bonds. The number of benzene rings is 1. The second kappa shape index (κ2) is 5.88. The van der Waals surface area contributed by atoms with Crippen LogP contribution in [-0.4, -0.2) is 11.6 Å². The first-order valence-corrected chi connectivity index (χ1v) is 6.44. The first kappa shape index (κ1) is 13.6. The van der Waals surface area contributed by atoms with Gasteiger partial charge in [0.2, 0.25) is 5.88 Å². The molecule has 0 bridgehead atoms. The van der Waals surface area contributed by atoms with E-state index in [4.69, 9.17) is 10.5 Å². The Labute approximate surface area is 113 Å². The molecule has 1 aromatic heterocycles. The van der Waals surface area contributed by atoms with E-state index >= 15 is 0 Å². The Morgan fingerprint density at radius 3 is 2.79 bits per heavy atom. The molecule has 0 radical (unpaired) electrons. The smallest absolute Gasteiger partial charge is 0.238 e. The average Bonchev–Trinajstić information content (AvgIpc) is 2.38. The molecule has 0 spiro atoms. The number of anilines is 1. The van der Waals surface area contributed by atoms with Crippen LogP contribution in [0.3, 0.4) is 0 Å². The van der Waals surface area contributed by atoms with Crippen molar-refractivity contribution in [3.63, 3.8) is 0 Å². The van der Waals surface area contributed by atoms with Gasteiger partial charge in [-0.1, -0.05) is 11.8 Å². The topological polar surface area (TPSA) is 48.1 Å². The molecule has 0 aliphatic rings. The van der Waals surface area contributed by atoms with Gasteiger partial charge in [0.25, 0.3) is 0 Å². The third-order valence-corrected chi connectivity index (χ3v) is 3.22. The quantitative estimate of drug-likeness (QED) is 0.932. The van der Waals surface area contributed by atoms with E-state index in [9.17, 15) is 8.78 Å². The molecule has 2 rings (SSSR count). The van der Waals surface area contributed by atoms with Crippen molar-refractivity contribution in [2.45, 2.75) is 16.8 Å². The van der Waals surface area contributed by atoms with Crippen LogP contribution >= 0.6 is 11.8 Å². The molecule has 1 aromatic carbocycles. The number of hydrogen-bond donors (Lipinski definition) is 1. The lowest BCUT2D eigenvalue weighted by atomic mass is 10.3. The van der Waals surface area contributed by atoms with E-state index in [1.807, 2.05) is 6.92 Å². The Morgan fingerprint density at radius 2 is 2.05 bits per heavy atom. The molecule has 0 saturated carbocycles. The minimum absolute atomic E-state index is 0.166. The second-order valence-corrected chi connectivity index (χ2v) is 4.72. The van der Waals surface area contributed by atoms with Gasteiger partial charge in [-0.05, 0) is 37.3 Å². The molecule has 1 heterocycles. The van der Waals surface area contributed by atoms with E-state index in [1.54, 1.807) is 12.1 Å². The maximum absolute atomic E-state index is 13.5. The van der Waals surface area contributed by atoms with Gasteiger partial charge in [-0.25, -0.2) is 13.8 Å². The number of aromatic nitrogens is 1. The Morgan fingerprint density at radius 1 is 1.26 bits per heavy atom. The highest BCUT2D eigenvalue weighted by atomic mass is 32.2. The summed E-state index contributed by atoms with van der Waals surface area (Å²) < 4.78 is 31.8. The lowest BCUT2D eigenvalue weighted by Gasteiger charge is -2.08. The number of hydrogen-bond acceptors (Lipinski definition) is 4. The van der Waals surface area contributed by atoms with Crippen molar-refractivity contribution < 1.29 is 13.5 Å². The van der Waals surface area contributed by atoms with Gasteiger partial charge < -0.3 is 10.5 Å². The molecule has 2 N–H and O–H groups in total. The molecule has 100 valence electrons. The summed E-state index contributed by atoms with van der Waals surface area (Å²) in [5, 5.41) is 0.488. The molecule has 2 aromatic rings. The van der Waals surface area contributed by atoms with Crippen LogP contribution in [0, 0.1) is 11.6 Å². The summed E-state index contributed by atoms with van der Waals surface area (Å²) in [7, 11) is 0. The minimum Gasteiger partial charge on any atom is -0.476 e. The molecular formula is C13H12F2N2OS. The third-order valence-electron chi connectivity index (χ3n) is 2.25. The molecule has 0 fully saturated rings. The van der Waals surface area contributed by atoms with E-state index in [1.165, 1.54) is 0 Å². The van der Waals surface area contributed by atoms with E-state index in [-0.39, 0.29) is 4.90 Å². The number of nitrogens with two attached hydrogens (primary N) is 1. The third kappa shape index (κ3) is 3.35. The van der Waals surface area contributed by atoms with Gasteiger partial charge in [0.05, 0.1) is 17.2 Å².